The molecule has 112 valence electrons. The third kappa shape index (κ3) is 2.51. The van der Waals surface area contributed by atoms with Crippen LogP contribution in [0.5, 0.6) is 0 Å². The zero-order chi connectivity index (χ0) is 14.6. The highest BCUT2D eigenvalue weighted by atomic mass is 16.3. The van der Waals surface area contributed by atoms with Gasteiger partial charge < -0.3 is 10.8 Å². The zero-order valence-electron chi connectivity index (χ0n) is 12.9. The van der Waals surface area contributed by atoms with Crippen LogP contribution in [0.3, 0.4) is 0 Å². The molecule has 1 aliphatic rings. The summed E-state index contributed by atoms with van der Waals surface area (Å²) in [5.41, 5.74) is 6.30. The number of rotatable bonds is 6. The van der Waals surface area contributed by atoms with Gasteiger partial charge >= 0.3 is 0 Å². The molecule has 1 saturated carbocycles. The zero-order valence-corrected chi connectivity index (χ0v) is 12.9. The first-order chi connectivity index (χ1) is 9.62. The molecule has 2 rings (SSSR count). The van der Waals surface area contributed by atoms with E-state index in [0.29, 0.717) is 12.5 Å². The maximum atomic E-state index is 11.6. The predicted molar refractivity (Wildman–Crippen MR) is 84.4 cm³/mol. The molecule has 1 aliphatic carbocycles. The second kappa shape index (κ2) is 6.28. The van der Waals surface area contributed by atoms with Gasteiger partial charge in [-0.05, 0) is 37.2 Å². The van der Waals surface area contributed by atoms with Crippen LogP contribution in [0.15, 0.2) is 30.3 Å². The van der Waals surface area contributed by atoms with Crippen molar-refractivity contribution in [1.29, 1.82) is 0 Å². The summed E-state index contributed by atoms with van der Waals surface area (Å²) in [6.07, 6.45) is 6.28. The van der Waals surface area contributed by atoms with Gasteiger partial charge in [0.05, 0.1) is 5.60 Å². The smallest absolute Gasteiger partial charge is 0.0964 e. The van der Waals surface area contributed by atoms with Crippen LogP contribution in [-0.4, -0.2) is 11.7 Å². The fraction of sp³-hybridized carbons (Fsp3) is 0.667. The van der Waals surface area contributed by atoms with Crippen LogP contribution in [0, 0.1) is 11.3 Å². The summed E-state index contributed by atoms with van der Waals surface area (Å²) in [6.45, 7) is 4.97. The number of benzene rings is 1. The van der Waals surface area contributed by atoms with Crippen molar-refractivity contribution in [2.45, 2.75) is 58.0 Å². The molecule has 0 aliphatic heterocycles. The largest absolute Gasteiger partial charge is 0.385 e. The molecule has 1 aromatic carbocycles. The molecule has 0 heterocycles. The van der Waals surface area contributed by atoms with Crippen LogP contribution in [0.2, 0.25) is 0 Å². The Balaban J connectivity index is 2.41. The molecule has 3 unspecified atom stereocenters. The standard InChI is InChI=1S/C18H29NO/c1-3-11-18(20,16-8-6-5-7-9-16)17(14-19)12-10-15(4-2)13-17/h5-9,15,20H,3-4,10-14,19H2,1-2H3. The lowest BCUT2D eigenvalue weighted by molar-refractivity contribution is -0.0942. The Morgan fingerprint density at radius 3 is 2.50 bits per heavy atom. The summed E-state index contributed by atoms with van der Waals surface area (Å²) in [5.74, 6) is 0.714. The lowest BCUT2D eigenvalue weighted by Crippen LogP contribution is -2.49. The minimum atomic E-state index is -0.776. The van der Waals surface area contributed by atoms with E-state index in [1.807, 2.05) is 18.2 Å². The molecule has 0 spiro atoms. The van der Waals surface area contributed by atoms with E-state index in [2.05, 4.69) is 26.0 Å². The van der Waals surface area contributed by atoms with Gasteiger partial charge in [-0.1, -0.05) is 57.0 Å². The van der Waals surface area contributed by atoms with Gasteiger partial charge in [0, 0.05) is 12.0 Å². The molecule has 0 aromatic heterocycles. The molecule has 0 radical (unpaired) electrons. The van der Waals surface area contributed by atoms with E-state index in [0.717, 1.165) is 31.2 Å². The predicted octanol–water partition coefficient (Wildman–Crippen LogP) is 3.83. The van der Waals surface area contributed by atoms with Gasteiger partial charge in [-0.25, -0.2) is 0 Å². The molecule has 3 N–H and O–H groups in total. The molecular formula is C18H29NO. The lowest BCUT2D eigenvalue weighted by Gasteiger charge is -2.45. The van der Waals surface area contributed by atoms with Gasteiger partial charge in [-0.2, -0.15) is 0 Å². The van der Waals surface area contributed by atoms with Gasteiger partial charge in [0.25, 0.3) is 0 Å². The van der Waals surface area contributed by atoms with Crippen molar-refractivity contribution in [1.82, 2.24) is 0 Å². The Labute approximate surface area is 123 Å². The normalized spacial score (nSPS) is 29.3. The van der Waals surface area contributed by atoms with Gasteiger partial charge in [0.2, 0.25) is 0 Å². The number of hydrogen-bond donors (Lipinski definition) is 2. The van der Waals surface area contributed by atoms with E-state index in [9.17, 15) is 5.11 Å². The van der Waals surface area contributed by atoms with Crippen LogP contribution < -0.4 is 5.73 Å². The summed E-state index contributed by atoms with van der Waals surface area (Å²) < 4.78 is 0. The Hall–Kier alpha value is -0.860. The van der Waals surface area contributed by atoms with Crippen LogP contribution in [0.4, 0.5) is 0 Å². The molecule has 0 amide bonds. The number of hydrogen-bond acceptors (Lipinski definition) is 2. The van der Waals surface area contributed by atoms with Crippen molar-refractivity contribution in [3.05, 3.63) is 35.9 Å². The Bertz CT molecular complexity index is 419. The minimum Gasteiger partial charge on any atom is -0.385 e. The Morgan fingerprint density at radius 1 is 1.30 bits per heavy atom. The molecule has 1 fully saturated rings. The van der Waals surface area contributed by atoms with Crippen molar-refractivity contribution in [2.75, 3.05) is 6.54 Å². The van der Waals surface area contributed by atoms with Crippen molar-refractivity contribution in [3.63, 3.8) is 0 Å². The molecule has 20 heavy (non-hydrogen) atoms. The van der Waals surface area contributed by atoms with E-state index >= 15 is 0 Å². The van der Waals surface area contributed by atoms with Gasteiger partial charge in [-0.15, -0.1) is 0 Å². The Kier molecular flexibility index (Phi) is 4.87. The van der Waals surface area contributed by atoms with E-state index in [1.165, 1.54) is 12.8 Å². The van der Waals surface area contributed by atoms with Crippen molar-refractivity contribution < 1.29 is 5.11 Å². The second-order valence-corrected chi connectivity index (χ2v) is 6.48. The van der Waals surface area contributed by atoms with Gasteiger partial charge in [0.15, 0.2) is 0 Å². The molecule has 3 atom stereocenters. The highest BCUT2D eigenvalue weighted by Gasteiger charge is 2.53. The van der Waals surface area contributed by atoms with Crippen LogP contribution >= 0.6 is 0 Å². The third-order valence-corrected chi connectivity index (χ3v) is 5.42. The summed E-state index contributed by atoms with van der Waals surface area (Å²) >= 11 is 0. The second-order valence-electron chi connectivity index (χ2n) is 6.48. The monoisotopic (exact) mass is 275 g/mol. The summed E-state index contributed by atoms with van der Waals surface area (Å²) in [5, 5.41) is 11.6. The third-order valence-electron chi connectivity index (χ3n) is 5.42. The summed E-state index contributed by atoms with van der Waals surface area (Å²) in [4.78, 5) is 0. The van der Waals surface area contributed by atoms with E-state index in [1.54, 1.807) is 0 Å². The number of nitrogens with two attached hydrogens (primary N) is 1. The Morgan fingerprint density at radius 2 is 2.00 bits per heavy atom. The minimum absolute atomic E-state index is 0.148. The molecule has 2 heteroatoms. The van der Waals surface area contributed by atoms with E-state index < -0.39 is 5.60 Å². The fourth-order valence-corrected chi connectivity index (χ4v) is 4.11. The fourth-order valence-electron chi connectivity index (χ4n) is 4.11. The lowest BCUT2D eigenvalue weighted by atomic mass is 9.64. The van der Waals surface area contributed by atoms with Crippen LogP contribution in [0.1, 0.15) is 57.9 Å². The van der Waals surface area contributed by atoms with Crippen molar-refractivity contribution >= 4 is 0 Å². The first-order valence-electron chi connectivity index (χ1n) is 8.10. The first kappa shape index (κ1) is 15.5. The number of aliphatic hydroxyl groups is 1. The van der Waals surface area contributed by atoms with E-state index in [4.69, 9.17) is 5.73 Å². The molecule has 0 saturated heterocycles. The van der Waals surface area contributed by atoms with Crippen LogP contribution in [0.25, 0.3) is 0 Å². The maximum absolute atomic E-state index is 11.6. The van der Waals surface area contributed by atoms with Crippen LogP contribution in [-0.2, 0) is 5.60 Å². The molecular weight excluding hydrogens is 246 g/mol. The van der Waals surface area contributed by atoms with E-state index in [-0.39, 0.29) is 5.41 Å². The van der Waals surface area contributed by atoms with Gasteiger partial charge in [-0.3, -0.25) is 0 Å². The highest BCUT2D eigenvalue weighted by molar-refractivity contribution is 5.26. The first-order valence-corrected chi connectivity index (χ1v) is 8.10. The summed E-state index contributed by atoms with van der Waals surface area (Å²) in [7, 11) is 0. The quantitative estimate of drug-likeness (QED) is 0.829. The average molecular weight is 275 g/mol. The maximum Gasteiger partial charge on any atom is 0.0964 e. The summed E-state index contributed by atoms with van der Waals surface area (Å²) in [6, 6.07) is 10.2. The van der Waals surface area contributed by atoms with Gasteiger partial charge in [0.1, 0.15) is 0 Å². The average Bonchev–Trinajstić information content (AvgIpc) is 2.93. The molecule has 1 aromatic rings. The highest BCUT2D eigenvalue weighted by Crippen LogP contribution is 2.55. The molecule has 0 bridgehead atoms. The van der Waals surface area contributed by atoms with Crippen molar-refractivity contribution in [2.24, 2.45) is 17.1 Å². The topological polar surface area (TPSA) is 46.2 Å². The molecule has 2 nitrogen and oxygen atoms in total. The SMILES string of the molecule is CCCC(O)(c1ccccc1)C1(CN)CCC(CC)C1. The van der Waals surface area contributed by atoms with Crippen molar-refractivity contribution in [3.8, 4) is 0 Å².